The molecule has 0 saturated heterocycles. The van der Waals surface area contributed by atoms with E-state index in [1.54, 1.807) is 42.0 Å². The lowest BCUT2D eigenvalue weighted by molar-refractivity contribution is -0.137. The quantitative estimate of drug-likeness (QED) is 0.115. The number of fused-ring (bicyclic) bond motifs is 2. The highest BCUT2D eigenvalue weighted by molar-refractivity contribution is 7.99. The first-order chi connectivity index (χ1) is 30.6. The van der Waals surface area contributed by atoms with Gasteiger partial charge >= 0.3 is 6.18 Å². The molecule has 0 spiro atoms. The van der Waals surface area contributed by atoms with Gasteiger partial charge in [-0.25, -0.2) is 0 Å². The van der Waals surface area contributed by atoms with Crippen LogP contribution in [-0.2, 0) is 6.18 Å². The standard InChI is InChI=1S/C56H53F3O2S2/c1-2-3-4-8-36-15-17-37(18-16-36)38-19-21-39(22-20-38)40-23-25-41(26-24-40)42-27-29-43(30-28-42)44-31-33-46(34-32-44)62-50-13-6-11-48-52(50)54(60)49-12-7-14-51(53(49)55(48)61)63-47-10-5-9-45(35-47)56(57,58)59/h5-7,9-14,19-22,27-37,40-41H,2-4,8,15-18,23-26H2,1H3. The summed E-state index contributed by atoms with van der Waals surface area (Å²) >= 11 is 2.49. The predicted molar refractivity (Wildman–Crippen MR) is 251 cm³/mol. The van der Waals surface area contributed by atoms with Crippen molar-refractivity contribution in [3.63, 3.8) is 0 Å². The third-order valence-corrected chi connectivity index (χ3v) is 16.0. The fourth-order valence-electron chi connectivity index (χ4n) is 10.3. The van der Waals surface area contributed by atoms with E-state index in [1.165, 1.54) is 106 Å². The van der Waals surface area contributed by atoms with Crippen molar-refractivity contribution < 1.29 is 22.8 Å². The lowest BCUT2D eigenvalue weighted by atomic mass is 9.75. The molecule has 3 aliphatic carbocycles. The summed E-state index contributed by atoms with van der Waals surface area (Å²) in [6, 6.07) is 42.4. The van der Waals surface area contributed by atoms with Gasteiger partial charge in [-0.1, -0.05) is 147 Å². The van der Waals surface area contributed by atoms with Crippen molar-refractivity contribution >= 4 is 35.1 Å². The van der Waals surface area contributed by atoms with Crippen LogP contribution in [0.15, 0.2) is 153 Å². The van der Waals surface area contributed by atoms with Crippen molar-refractivity contribution in [1.82, 2.24) is 0 Å². The van der Waals surface area contributed by atoms with Crippen molar-refractivity contribution in [2.24, 2.45) is 5.92 Å². The third-order valence-electron chi connectivity index (χ3n) is 13.9. The van der Waals surface area contributed by atoms with Crippen LogP contribution in [0.2, 0.25) is 0 Å². The molecule has 0 amide bonds. The van der Waals surface area contributed by atoms with E-state index >= 15 is 0 Å². The molecule has 3 aliphatic rings. The smallest absolute Gasteiger partial charge is 0.289 e. The normalized spacial score (nSPS) is 20.0. The first kappa shape index (κ1) is 43.4. The van der Waals surface area contributed by atoms with E-state index in [2.05, 4.69) is 67.6 Å². The summed E-state index contributed by atoms with van der Waals surface area (Å²) in [7, 11) is 0. The molecule has 0 atom stereocenters. The first-order valence-electron chi connectivity index (χ1n) is 22.8. The molecule has 0 unspecified atom stereocenters. The second-order valence-electron chi connectivity index (χ2n) is 17.8. The van der Waals surface area contributed by atoms with Gasteiger partial charge in [-0.3, -0.25) is 9.59 Å². The average molecular weight is 879 g/mol. The topological polar surface area (TPSA) is 34.1 Å². The number of unbranched alkanes of at least 4 members (excludes halogenated alkanes) is 2. The van der Waals surface area contributed by atoms with Gasteiger partial charge in [0.25, 0.3) is 0 Å². The van der Waals surface area contributed by atoms with E-state index in [9.17, 15) is 22.8 Å². The molecule has 2 fully saturated rings. The number of alkyl halides is 3. The average Bonchev–Trinajstić information content (AvgIpc) is 3.31. The number of carbonyl (C=O) groups excluding carboxylic acids is 2. The Morgan fingerprint density at radius 1 is 0.508 bits per heavy atom. The molecule has 0 heterocycles. The third kappa shape index (κ3) is 9.66. The van der Waals surface area contributed by atoms with E-state index in [0.29, 0.717) is 37.6 Å². The Kier molecular flexibility index (Phi) is 13.2. The molecule has 322 valence electrons. The largest absolute Gasteiger partial charge is 0.416 e. The van der Waals surface area contributed by atoms with Crippen molar-refractivity contribution in [2.45, 2.75) is 127 Å². The van der Waals surface area contributed by atoms with Crippen LogP contribution >= 0.6 is 23.5 Å². The molecular weight excluding hydrogens is 826 g/mol. The first-order valence-corrected chi connectivity index (χ1v) is 24.4. The zero-order valence-corrected chi connectivity index (χ0v) is 37.4. The van der Waals surface area contributed by atoms with E-state index in [0.717, 1.165) is 51.8 Å². The number of carbonyl (C=O) groups is 2. The highest BCUT2D eigenvalue weighted by Crippen LogP contribution is 2.45. The Bertz CT molecular complexity index is 2560. The molecule has 7 heteroatoms. The lowest BCUT2D eigenvalue weighted by Gasteiger charge is -2.30. The molecular formula is C56H53F3O2S2. The maximum absolute atomic E-state index is 14.1. The number of ketones is 2. The van der Waals surface area contributed by atoms with Gasteiger partial charge in [0, 0.05) is 41.8 Å². The second kappa shape index (κ2) is 19.1. The Hall–Kier alpha value is -4.85. The molecule has 0 radical (unpaired) electrons. The summed E-state index contributed by atoms with van der Waals surface area (Å²) < 4.78 is 40.3. The number of benzene rings is 6. The number of hydrogen-bond donors (Lipinski definition) is 0. The molecule has 0 aliphatic heterocycles. The van der Waals surface area contributed by atoms with Crippen LogP contribution in [0.4, 0.5) is 13.2 Å². The van der Waals surface area contributed by atoms with Gasteiger partial charge in [-0.2, -0.15) is 13.2 Å². The monoisotopic (exact) mass is 878 g/mol. The van der Waals surface area contributed by atoms with Crippen LogP contribution in [0.5, 0.6) is 0 Å². The van der Waals surface area contributed by atoms with Gasteiger partial charge in [0.2, 0.25) is 0 Å². The number of rotatable bonds is 12. The molecule has 6 aromatic carbocycles. The molecule has 0 N–H and O–H groups in total. The zero-order chi connectivity index (χ0) is 43.5. The number of hydrogen-bond acceptors (Lipinski definition) is 4. The molecule has 0 bridgehead atoms. The molecule has 9 rings (SSSR count). The minimum Gasteiger partial charge on any atom is -0.289 e. The van der Waals surface area contributed by atoms with Crippen LogP contribution in [0.3, 0.4) is 0 Å². The fraction of sp³-hybridized carbons (Fsp3) is 0.321. The van der Waals surface area contributed by atoms with Crippen molar-refractivity contribution in [1.29, 1.82) is 0 Å². The van der Waals surface area contributed by atoms with Crippen LogP contribution < -0.4 is 0 Å². The summed E-state index contributed by atoms with van der Waals surface area (Å²) in [6.45, 7) is 2.30. The van der Waals surface area contributed by atoms with Crippen molar-refractivity contribution in [2.75, 3.05) is 0 Å². The van der Waals surface area contributed by atoms with Gasteiger partial charge in [0.15, 0.2) is 11.6 Å². The Morgan fingerprint density at radius 2 is 0.952 bits per heavy atom. The number of halogens is 3. The molecule has 0 aromatic heterocycles. The summed E-state index contributed by atoms with van der Waals surface area (Å²) in [5, 5.41) is 0. The van der Waals surface area contributed by atoms with Gasteiger partial charge in [-0.05, 0) is 145 Å². The minimum absolute atomic E-state index is 0.225. The molecule has 2 saturated carbocycles. The fourth-order valence-corrected chi connectivity index (χ4v) is 12.3. The van der Waals surface area contributed by atoms with Crippen LogP contribution in [0.25, 0.3) is 11.1 Å². The lowest BCUT2D eigenvalue weighted by Crippen LogP contribution is -2.22. The van der Waals surface area contributed by atoms with Crippen LogP contribution in [0.1, 0.15) is 156 Å². The summed E-state index contributed by atoms with van der Waals surface area (Å²) in [5.74, 6) is 2.34. The van der Waals surface area contributed by atoms with E-state index in [4.69, 9.17) is 0 Å². The Balaban J connectivity index is 0.806. The highest BCUT2D eigenvalue weighted by atomic mass is 32.2. The van der Waals surface area contributed by atoms with Gasteiger partial charge < -0.3 is 0 Å². The maximum Gasteiger partial charge on any atom is 0.416 e. The van der Waals surface area contributed by atoms with Gasteiger partial charge in [0.05, 0.1) is 5.56 Å². The van der Waals surface area contributed by atoms with Gasteiger partial charge in [-0.15, -0.1) is 0 Å². The van der Waals surface area contributed by atoms with Crippen molar-refractivity contribution in [3.8, 4) is 11.1 Å². The molecule has 2 nitrogen and oxygen atoms in total. The summed E-state index contributed by atoms with van der Waals surface area (Å²) in [6.07, 6.45) is 11.5. The summed E-state index contributed by atoms with van der Waals surface area (Å²) in [4.78, 5) is 30.5. The van der Waals surface area contributed by atoms with Crippen LogP contribution in [0, 0.1) is 5.92 Å². The predicted octanol–water partition coefficient (Wildman–Crippen LogP) is 16.7. The van der Waals surface area contributed by atoms with E-state index in [-0.39, 0.29) is 22.7 Å². The zero-order valence-electron chi connectivity index (χ0n) is 35.8. The van der Waals surface area contributed by atoms with Crippen molar-refractivity contribution in [3.05, 3.63) is 178 Å². The highest BCUT2D eigenvalue weighted by Gasteiger charge is 2.35. The Morgan fingerprint density at radius 3 is 1.44 bits per heavy atom. The summed E-state index contributed by atoms with van der Waals surface area (Å²) in [5.41, 5.74) is 7.13. The molecule has 63 heavy (non-hydrogen) atoms. The molecule has 6 aromatic rings. The van der Waals surface area contributed by atoms with E-state index < -0.39 is 11.7 Å². The SMILES string of the molecule is CCCCCC1CCC(c2ccc(C3CCC(c4ccc(-c5ccc(Sc6cccc7c6C(=O)c6cccc(Sc8cccc(C(F)(F)F)c8)c6C7=O)cc5)cc4)CC3)cc2)CC1. The van der Waals surface area contributed by atoms with Gasteiger partial charge in [0.1, 0.15) is 0 Å². The van der Waals surface area contributed by atoms with Crippen LogP contribution in [-0.4, -0.2) is 11.6 Å². The Labute approximate surface area is 378 Å². The van der Waals surface area contributed by atoms with E-state index in [1.807, 2.05) is 18.2 Å². The maximum atomic E-state index is 14.1. The second-order valence-corrected chi connectivity index (χ2v) is 20.1. The minimum atomic E-state index is -4.49.